The predicted molar refractivity (Wildman–Crippen MR) is 121 cm³/mol. The van der Waals surface area contributed by atoms with Crippen molar-refractivity contribution in [3.05, 3.63) is 48.2 Å². The zero-order valence-electron chi connectivity index (χ0n) is 17.1. The molecule has 30 heavy (non-hydrogen) atoms. The van der Waals surface area contributed by atoms with Crippen LogP contribution in [-0.4, -0.2) is 48.1 Å². The minimum absolute atomic E-state index is 0.655. The van der Waals surface area contributed by atoms with E-state index in [9.17, 15) is 0 Å². The molecule has 1 saturated heterocycles. The van der Waals surface area contributed by atoms with Gasteiger partial charge < -0.3 is 15.0 Å². The third-order valence-corrected chi connectivity index (χ3v) is 5.78. The van der Waals surface area contributed by atoms with E-state index >= 15 is 0 Å². The summed E-state index contributed by atoms with van der Waals surface area (Å²) in [5, 5.41) is 10.3. The SMILES string of the molecule is C#Cc1cc2c(cc1OC)ncc1c2c(-c2ccc(N3CCNCC3)cc2)nn1C. The van der Waals surface area contributed by atoms with Crippen molar-refractivity contribution in [2.75, 3.05) is 38.2 Å². The van der Waals surface area contributed by atoms with Gasteiger partial charge in [-0.25, -0.2) is 0 Å². The molecular formula is C24H23N5O. The Labute approximate surface area is 175 Å². The number of fused-ring (bicyclic) bond motifs is 3. The van der Waals surface area contributed by atoms with Crippen molar-refractivity contribution in [1.29, 1.82) is 0 Å². The first-order valence-electron chi connectivity index (χ1n) is 10.1. The van der Waals surface area contributed by atoms with Gasteiger partial charge in [0, 0.05) is 61.3 Å². The Morgan fingerprint density at radius 2 is 1.90 bits per heavy atom. The van der Waals surface area contributed by atoms with E-state index in [-0.39, 0.29) is 0 Å². The monoisotopic (exact) mass is 397 g/mol. The van der Waals surface area contributed by atoms with Crippen LogP contribution < -0.4 is 15.0 Å². The van der Waals surface area contributed by atoms with Gasteiger partial charge in [0.15, 0.2) is 0 Å². The first-order chi connectivity index (χ1) is 14.7. The third kappa shape index (κ3) is 2.95. The van der Waals surface area contributed by atoms with E-state index in [4.69, 9.17) is 16.3 Å². The molecule has 150 valence electrons. The van der Waals surface area contributed by atoms with Gasteiger partial charge in [0.2, 0.25) is 0 Å². The number of nitrogens with zero attached hydrogens (tertiary/aromatic N) is 4. The number of rotatable bonds is 3. The minimum atomic E-state index is 0.655. The molecule has 2 aromatic heterocycles. The average molecular weight is 397 g/mol. The summed E-state index contributed by atoms with van der Waals surface area (Å²) in [5.41, 5.74) is 5.77. The Hall–Kier alpha value is -3.56. The number of ether oxygens (including phenoxy) is 1. The molecule has 0 aliphatic carbocycles. The Bertz CT molecular complexity index is 1280. The zero-order chi connectivity index (χ0) is 20.7. The molecule has 1 aliphatic heterocycles. The fraction of sp³-hybridized carbons (Fsp3) is 0.250. The van der Waals surface area contributed by atoms with Crippen LogP contribution in [0.15, 0.2) is 42.6 Å². The summed E-state index contributed by atoms with van der Waals surface area (Å²) < 4.78 is 7.31. The van der Waals surface area contributed by atoms with Gasteiger partial charge in [-0.05, 0) is 18.2 Å². The standard InChI is InChI=1S/C24H23N5O/c1-4-16-13-19-20(14-22(16)30-3)26-15-21-23(19)24(27-28(21)2)17-5-7-18(8-6-17)29-11-9-25-10-12-29/h1,5-8,13-15,25H,9-12H2,2-3H3. The van der Waals surface area contributed by atoms with Crippen LogP contribution in [-0.2, 0) is 7.05 Å². The van der Waals surface area contributed by atoms with E-state index in [1.807, 2.05) is 30.1 Å². The molecule has 0 spiro atoms. The lowest BCUT2D eigenvalue weighted by Gasteiger charge is -2.29. The van der Waals surface area contributed by atoms with Gasteiger partial charge in [-0.1, -0.05) is 18.1 Å². The Morgan fingerprint density at radius 3 is 2.60 bits per heavy atom. The van der Waals surface area contributed by atoms with Crippen LogP contribution in [0, 0.1) is 12.3 Å². The molecule has 2 aromatic carbocycles. The Morgan fingerprint density at radius 1 is 1.13 bits per heavy atom. The van der Waals surface area contributed by atoms with E-state index in [1.165, 1.54) is 5.69 Å². The average Bonchev–Trinajstić information content (AvgIpc) is 3.15. The summed E-state index contributed by atoms with van der Waals surface area (Å²) >= 11 is 0. The van der Waals surface area contributed by atoms with Gasteiger partial charge in [0.1, 0.15) is 11.4 Å². The number of piperazine rings is 1. The number of nitrogens with one attached hydrogen (secondary N) is 1. The Kier molecular flexibility index (Phi) is 4.53. The maximum Gasteiger partial charge on any atom is 0.136 e. The maximum atomic E-state index is 5.72. The summed E-state index contributed by atoms with van der Waals surface area (Å²) in [6.45, 7) is 4.09. The topological polar surface area (TPSA) is 55.2 Å². The van der Waals surface area contributed by atoms with E-state index in [2.05, 4.69) is 45.4 Å². The maximum absolute atomic E-state index is 5.72. The largest absolute Gasteiger partial charge is 0.495 e. The van der Waals surface area contributed by atoms with E-state index in [1.54, 1.807) is 7.11 Å². The number of anilines is 1. The van der Waals surface area contributed by atoms with Gasteiger partial charge in [-0.3, -0.25) is 9.67 Å². The highest BCUT2D eigenvalue weighted by molar-refractivity contribution is 6.11. The van der Waals surface area contributed by atoms with Crippen LogP contribution in [0.1, 0.15) is 5.56 Å². The molecule has 1 fully saturated rings. The molecule has 0 bridgehead atoms. The molecule has 0 radical (unpaired) electrons. The highest BCUT2D eigenvalue weighted by Gasteiger charge is 2.17. The number of terminal acetylenes is 1. The zero-order valence-corrected chi connectivity index (χ0v) is 17.1. The highest BCUT2D eigenvalue weighted by Crippen LogP contribution is 2.36. The van der Waals surface area contributed by atoms with E-state index in [0.29, 0.717) is 11.3 Å². The lowest BCUT2D eigenvalue weighted by Crippen LogP contribution is -2.43. The molecule has 6 heteroatoms. The summed E-state index contributed by atoms with van der Waals surface area (Å²) in [4.78, 5) is 7.02. The van der Waals surface area contributed by atoms with Crippen LogP contribution in [0.5, 0.6) is 5.75 Å². The number of pyridine rings is 1. The molecule has 0 saturated carbocycles. The fourth-order valence-corrected chi connectivity index (χ4v) is 4.19. The molecule has 1 N–H and O–H groups in total. The second-order valence-corrected chi connectivity index (χ2v) is 7.49. The lowest BCUT2D eigenvalue weighted by atomic mass is 10.0. The fourth-order valence-electron chi connectivity index (χ4n) is 4.19. The Balaban J connectivity index is 1.67. The van der Waals surface area contributed by atoms with Crippen molar-refractivity contribution in [3.63, 3.8) is 0 Å². The van der Waals surface area contributed by atoms with E-state index < -0.39 is 0 Å². The van der Waals surface area contributed by atoms with Gasteiger partial charge in [0.25, 0.3) is 0 Å². The van der Waals surface area contributed by atoms with Gasteiger partial charge in [0.05, 0.1) is 29.9 Å². The molecule has 1 aliphatic rings. The summed E-state index contributed by atoms with van der Waals surface area (Å²) in [6.07, 6.45) is 7.58. The van der Waals surface area contributed by atoms with Crippen LogP contribution in [0.2, 0.25) is 0 Å². The highest BCUT2D eigenvalue weighted by atomic mass is 16.5. The van der Waals surface area contributed by atoms with Gasteiger partial charge in [-0.15, -0.1) is 6.42 Å². The number of hydrogen-bond acceptors (Lipinski definition) is 5. The number of aryl methyl sites for hydroxylation is 1. The molecule has 0 atom stereocenters. The molecule has 6 nitrogen and oxygen atoms in total. The second-order valence-electron chi connectivity index (χ2n) is 7.49. The molecular weight excluding hydrogens is 374 g/mol. The van der Waals surface area contributed by atoms with Crippen molar-refractivity contribution in [3.8, 4) is 29.4 Å². The molecule has 4 aromatic rings. The minimum Gasteiger partial charge on any atom is -0.495 e. The van der Waals surface area contributed by atoms with Crippen molar-refractivity contribution in [1.82, 2.24) is 20.1 Å². The van der Waals surface area contributed by atoms with Crippen LogP contribution in [0.25, 0.3) is 33.1 Å². The summed E-state index contributed by atoms with van der Waals surface area (Å²) in [5.74, 6) is 3.38. The van der Waals surface area contributed by atoms with Crippen molar-refractivity contribution < 1.29 is 4.74 Å². The summed E-state index contributed by atoms with van der Waals surface area (Å²) in [6, 6.07) is 12.5. The quantitative estimate of drug-likeness (QED) is 0.538. The van der Waals surface area contributed by atoms with Crippen LogP contribution >= 0.6 is 0 Å². The molecule has 0 unspecified atom stereocenters. The first-order valence-corrected chi connectivity index (χ1v) is 10.1. The number of methoxy groups -OCH3 is 1. The first kappa shape index (κ1) is 18.5. The summed E-state index contributed by atoms with van der Waals surface area (Å²) in [7, 11) is 3.57. The molecule has 5 rings (SSSR count). The molecule has 3 heterocycles. The van der Waals surface area contributed by atoms with Crippen LogP contribution in [0.4, 0.5) is 5.69 Å². The van der Waals surface area contributed by atoms with Gasteiger partial charge in [-0.2, -0.15) is 5.10 Å². The number of benzene rings is 2. The van der Waals surface area contributed by atoms with Crippen LogP contribution in [0.3, 0.4) is 0 Å². The van der Waals surface area contributed by atoms with E-state index in [0.717, 1.165) is 59.2 Å². The molecule has 0 amide bonds. The number of aromatic nitrogens is 3. The van der Waals surface area contributed by atoms with Crippen molar-refractivity contribution >= 4 is 27.5 Å². The van der Waals surface area contributed by atoms with Gasteiger partial charge >= 0.3 is 0 Å². The lowest BCUT2D eigenvalue weighted by molar-refractivity contribution is 0.414. The number of hydrogen-bond donors (Lipinski definition) is 1. The smallest absolute Gasteiger partial charge is 0.136 e. The third-order valence-electron chi connectivity index (χ3n) is 5.78. The van der Waals surface area contributed by atoms with Crippen molar-refractivity contribution in [2.24, 2.45) is 7.05 Å². The second kappa shape index (κ2) is 7.36. The van der Waals surface area contributed by atoms with Crippen molar-refractivity contribution in [2.45, 2.75) is 0 Å². The predicted octanol–water partition coefficient (Wildman–Crippen LogP) is 3.19. The normalized spacial score (nSPS) is 14.2.